The zero-order chi connectivity index (χ0) is 29.5. The quantitative estimate of drug-likeness (QED) is 0.277. The third kappa shape index (κ3) is 6.47. The topological polar surface area (TPSA) is 23.6 Å². The molecule has 0 saturated carbocycles. The SMILES string of the molecule is CN(C(=O)C(C)(C)c1cc(C(F)(F)F)cc(C(F)(F)F)c1)[C@@H]1CN(Cc2ccccc2)C[C@H]1c1ccc(Cl)cc1. The number of carbonyl (C=O) groups excluding carboxylic acids is 1. The van der Waals surface area contributed by atoms with Crippen LogP contribution in [0.25, 0.3) is 0 Å². The molecule has 1 fully saturated rings. The zero-order valence-electron chi connectivity index (χ0n) is 22.2. The summed E-state index contributed by atoms with van der Waals surface area (Å²) in [6.07, 6.45) is -10.0. The van der Waals surface area contributed by atoms with E-state index in [1.165, 1.54) is 18.7 Å². The molecule has 0 aliphatic carbocycles. The Bertz CT molecular complexity index is 1310. The molecule has 0 spiro atoms. The summed E-state index contributed by atoms with van der Waals surface area (Å²) in [6.45, 7) is 4.40. The summed E-state index contributed by atoms with van der Waals surface area (Å²) >= 11 is 6.09. The first-order chi connectivity index (χ1) is 18.6. The molecule has 1 amide bonds. The normalized spacial score (nSPS) is 18.6. The van der Waals surface area contributed by atoms with Gasteiger partial charge in [-0.2, -0.15) is 26.3 Å². The molecule has 0 aromatic heterocycles. The number of benzene rings is 3. The molecule has 10 heteroatoms. The minimum absolute atomic E-state index is 0.0722. The maximum atomic E-state index is 13.9. The van der Waals surface area contributed by atoms with E-state index in [0.29, 0.717) is 36.8 Å². The number of rotatable bonds is 6. The molecule has 3 aromatic rings. The highest BCUT2D eigenvalue weighted by Gasteiger charge is 2.44. The van der Waals surface area contributed by atoms with E-state index in [4.69, 9.17) is 11.6 Å². The fraction of sp³-hybridized carbons (Fsp3) is 0.367. The van der Waals surface area contributed by atoms with Crippen molar-refractivity contribution in [2.24, 2.45) is 0 Å². The van der Waals surface area contributed by atoms with Gasteiger partial charge in [0.15, 0.2) is 0 Å². The van der Waals surface area contributed by atoms with Crippen LogP contribution in [0.2, 0.25) is 5.02 Å². The fourth-order valence-corrected chi connectivity index (χ4v) is 5.42. The molecule has 0 radical (unpaired) electrons. The highest BCUT2D eigenvalue weighted by Crippen LogP contribution is 2.40. The van der Waals surface area contributed by atoms with Crippen molar-refractivity contribution in [2.75, 3.05) is 20.1 Å². The highest BCUT2D eigenvalue weighted by molar-refractivity contribution is 6.30. The van der Waals surface area contributed by atoms with Gasteiger partial charge >= 0.3 is 12.4 Å². The van der Waals surface area contributed by atoms with Gasteiger partial charge in [-0.3, -0.25) is 9.69 Å². The van der Waals surface area contributed by atoms with Gasteiger partial charge in [0.1, 0.15) is 0 Å². The number of nitrogens with zero attached hydrogens (tertiary/aromatic N) is 2. The van der Waals surface area contributed by atoms with Crippen LogP contribution >= 0.6 is 11.6 Å². The van der Waals surface area contributed by atoms with Crippen molar-refractivity contribution >= 4 is 17.5 Å². The number of alkyl halides is 6. The van der Waals surface area contributed by atoms with E-state index >= 15 is 0 Å². The van der Waals surface area contributed by atoms with Gasteiger partial charge in [0.05, 0.1) is 22.6 Å². The van der Waals surface area contributed by atoms with E-state index in [-0.39, 0.29) is 23.6 Å². The van der Waals surface area contributed by atoms with Gasteiger partial charge < -0.3 is 4.90 Å². The lowest BCUT2D eigenvalue weighted by Crippen LogP contribution is -2.49. The number of amides is 1. The number of hydrogen-bond donors (Lipinski definition) is 0. The van der Waals surface area contributed by atoms with Gasteiger partial charge in [-0.1, -0.05) is 54.1 Å². The lowest BCUT2D eigenvalue weighted by atomic mass is 9.80. The second-order valence-corrected chi connectivity index (χ2v) is 11.2. The van der Waals surface area contributed by atoms with E-state index in [2.05, 4.69) is 4.90 Å². The van der Waals surface area contributed by atoms with E-state index in [1.807, 2.05) is 42.5 Å². The molecule has 0 bridgehead atoms. The molecule has 1 heterocycles. The van der Waals surface area contributed by atoms with Gasteiger partial charge in [0, 0.05) is 37.6 Å². The minimum Gasteiger partial charge on any atom is -0.340 e. The molecule has 0 unspecified atom stereocenters. The largest absolute Gasteiger partial charge is 0.416 e. The Labute approximate surface area is 234 Å². The fourth-order valence-electron chi connectivity index (χ4n) is 5.30. The average molecular weight is 583 g/mol. The first-order valence-corrected chi connectivity index (χ1v) is 13.0. The maximum absolute atomic E-state index is 13.9. The summed E-state index contributed by atoms with van der Waals surface area (Å²) in [5, 5.41) is 0.551. The van der Waals surface area contributed by atoms with Crippen molar-refractivity contribution < 1.29 is 31.1 Å². The van der Waals surface area contributed by atoms with E-state index in [0.717, 1.165) is 11.1 Å². The van der Waals surface area contributed by atoms with Crippen molar-refractivity contribution in [1.29, 1.82) is 0 Å². The summed E-state index contributed by atoms with van der Waals surface area (Å²) in [5.74, 6) is -0.733. The van der Waals surface area contributed by atoms with Crippen LogP contribution in [0.15, 0.2) is 72.8 Å². The Kier molecular flexibility index (Phi) is 8.30. The van der Waals surface area contributed by atoms with Crippen molar-refractivity contribution in [2.45, 2.75) is 50.1 Å². The Morgan fingerprint density at radius 2 is 1.38 bits per heavy atom. The van der Waals surface area contributed by atoms with Crippen LogP contribution in [0.4, 0.5) is 26.3 Å². The predicted molar refractivity (Wildman–Crippen MR) is 142 cm³/mol. The second kappa shape index (κ2) is 11.1. The smallest absolute Gasteiger partial charge is 0.340 e. The van der Waals surface area contributed by atoms with E-state index in [9.17, 15) is 31.1 Å². The average Bonchev–Trinajstić information content (AvgIpc) is 3.31. The van der Waals surface area contributed by atoms with Crippen LogP contribution in [-0.2, 0) is 29.1 Å². The molecule has 1 aliphatic rings. The molecule has 40 heavy (non-hydrogen) atoms. The monoisotopic (exact) mass is 582 g/mol. The van der Waals surface area contributed by atoms with Crippen LogP contribution < -0.4 is 0 Å². The first-order valence-electron chi connectivity index (χ1n) is 12.7. The summed E-state index contributed by atoms with van der Waals surface area (Å²) in [7, 11) is 1.56. The van der Waals surface area contributed by atoms with E-state index < -0.39 is 34.8 Å². The van der Waals surface area contributed by atoms with Crippen LogP contribution in [0.5, 0.6) is 0 Å². The van der Waals surface area contributed by atoms with Gasteiger partial charge in [0.2, 0.25) is 5.91 Å². The lowest BCUT2D eigenvalue weighted by molar-refractivity contribution is -0.144. The molecule has 4 rings (SSSR count). The van der Waals surface area contributed by atoms with Crippen molar-refractivity contribution in [1.82, 2.24) is 9.80 Å². The Morgan fingerprint density at radius 3 is 1.90 bits per heavy atom. The first kappa shape index (κ1) is 29.9. The van der Waals surface area contributed by atoms with Crippen molar-refractivity contribution in [3.63, 3.8) is 0 Å². The Morgan fingerprint density at radius 1 is 0.850 bits per heavy atom. The summed E-state index contributed by atoms with van der Waals surface area (Å²) in [6, 6.07) is 18.0. The second-order valence-electron chi connectivity index (χ2n) is 10.7. The summed E-state index contributed by atoms with van der Waals surface area (Å²) in [5.41, 5.74) is -2.91. The molecule has 2 atom stereocenters. The molecular weight excluding hydrogens is 554 g/mol. The van der Waals surface area contributed by atoms with Gasteiger partial charge in [-0.25, -0.2) is 0 Å². The summed E-state index contributed by atoms with van der Waals surface area (Å²) in [4.78, 5) is 17.5. The molecule has 0 N–H and O–H groups in total. The number of carbonyl (C=O) groups is 1. The third-order valence-electron chi connectivity index (χ3n) is 7.57. The van der Waals surface area contributed by atoms with Crippen LogP contribution in [0.1, 0.15) is 47.6 Å². The zero-order valence-corrected chi connectivity index (χ0v) is 22.9. The molecule has 214 valence electrons. The maximum Gasteiger partial charge on any atom is 0.416 e. The lowest BCUT2D eigenvalue weighted by Gasteiger charge is -2.36. The summed E-state index contributed by atoms with van der Waals surface area (Å²) < 4.78 is 81.2. The number of hydrogen-bond acceptors (Lipinski definition) is 2. The third-order valence-corrected chi connectivity index (χ3v) is 7.83. The van der Waals surface area contributed by atoms with Gasteiger partial charge in [0.25, 0.3) is 0 Å². The standard InChI is InChI=1S/C30H29ClF6N2O/c1-28(2,21-13-22(29(32,33)34)15-23(14-21)30(35,36)37)27(40)38(3)26-18-39(16-19-7-5-4-6-8-19)17-25(26)20-9-11-24(31)12-10-20/h4-15,25-26H,16-18H2,1-3H3/t25-,26+/m0/s1. The van der Waals surface area contributed by atoms with E-state index in [1.54, 1.807) is 19.2 Å². The molecular formula is C30H29ClF6N2O. The Hall–Kier alpha value is -3.04. The van der Waals surface area contributed by atoms with Crippen LogP contribution in [-0.4, -0.2) is 41.9 Å². The molecule has 1 saturated heterocycles. The molecule has 3 aromatic carbocycles. The minimum atomic E-state index is -5.01. The number of likely N-dealkylation sites (tertiary alicyclic amines) is 1. The Balaban J connectivity index is 1.68. The number of likely N-dealkylation sites (N-methyl/N-ethyl adjacent to an activating group) is 1. The molecule has 3 nitrogen and oxygen atoms in total. The predicted octanol–water partition coefficient (Wildman–Crippen LogP) is 7.78. The van der Waals surface area contributed by atoms with Gasteiger partial charge in [-0.05, 0) is 60.9 Å². The van der Waals surface area contributed by atoms with Crippen molar-refractivity contribution in [3.05, 3.63) is 106 Å². The van der Waals surface area contributed by atoms with Crippen LogP contribution in [0, 0.1) is 0 Å². The van der Waals surface area contributed by atoms with Crippen LogP contribution in [0.3, 0.4) is 0 Å². The van der Waals surface area contributed by atoms with Crippen molar-refractivity contribution in [3.8, 4) is 0 Å². The highest BCUT2D eigenvalue weighted by atomic mass is 35.5. The molecule has 1 aliphatic heterocycles. The van der Waals surface area contributed by atoms with Gasteiger partial charge in [-0.15, -0.1) is 0 Å². The number of halogens is 7.